The zero-order valence-electron chi connectivity index (χ0n) is 49.0. The second-order valence-corrected chi connectivity index (χ2v) is 19.8. The molecule has 468 valence electrons. The average Bonchev–Trinajstić information content (AvgIpc) is 3.80. The minimum absolute atomic E-state index is 0.0300. The summed E-state index contributed by atoms with van der Waals surface area (Å²) in [6.45, 7) is 16.3. The Hall–Kier alpha value is -5.43. The molecule has 0 fully saturated rings. The van der Waals surface area contributed by atoms with Crippen LogP contribution in [0.1, 0.15) is 65.9 Å². The van der Waals surface area contributed by atoms with E-state index in [1.807, 2.05) is 0 Å². The number of nitrogens with zero attached hydrogens (tertiary/aromatic N) is 2. The van der Waals surface area contributed by atoms with Gasteiger partial charge in [-0.25, -0.2) is 4.79 Å². The lowest BCUT2D eigenvalue weighted by Gasteiger charge is -2.28. The Morgan fingerprint density at radius 2 is 1.18 bits per heavy atom. The summed E-state index contributed by atoms with van der Waals surface area (Å²) in [5, 5.41) is 20.9. The third-order valence-electron chi connectivity index (χ3n) is 11.6. The molecule has 3 atom stereocenters. The molecule has 0 radical (unpaired) electrons. The number of primary amides is 1. The lowest BCUT2D eigenvalue weighted by atomic mass is 9.97. The van der Waals surface area contributed by atoms with Crippen molar-refractivity contribution in [2.75, 3.05) is 171 Å². The molecule has 27 heteroatoms. The predicted octanol–water partition coefficient (Wildman–Crippen LogP) is 0.884. The van der Waals surface area contributed by atoms with Gasteiger partial charge in [-0.15, -0.1) is 0 Å². The zero-order chi connectivity index (χ0) is 60.2. The van der Waals surface area contributed by atoms with Crippen molar-refractivity contribution in [3.05, 3.63) is 42.0 Å². The van der Waals surface area contributed by atoms with E-state index in [2.05, 4.69) is 21.3 Å². The number of aliphatic hydroxyl groups excluding tert-OH is 1. The summed E-state index contributed by atoms with van der Waals surface area (Å²) in [4.78, 5) is 92.5. The molecular weight excluding hydrogens is 1080 g/mol. The predicted molar refractivity (Wildman–Crippen MR) is 298 cm³/mol. The largest absolute Gasteiger partial charge is 0.460 e. The Balaban J connectivity index is 1.69. The first-order valence-corrected chi connectivity index (χ1v) is 27.8. The summed E-state index contributed by atoms with van der Waals surface area (Å²) in [6.07, 6.45) is 1.94. The van der Waals surface area contributed by atoms with Crippen molar-refractivity contribution in [1.82, 2.24) is 25.8 Å². The van der Waals surface area contributed by atoms with Crippen LogP contribution in [0.3, 0.4) is 0 Å². The van der Waals surface area contributed by atoms with E-state index in [0.717, 1.165) is 11.0 Å². The van der Waals surface area contributed by atoms with Gasteiger partial charge in [-0.2, -0.15) is 0 Å². The maximum Gasteiger partial charge on any atom is 0.312 e. The van der Waals surface area contributed by atoms with Crippen LogP contribution >= 0.6 is 0 Å². The monoisotopic (exact) mass is 1170 g/mol. The standard InChI is InChI=1S/C55H93N7O20/c1-42(2)50(52(68)59-45(9-7-17-57-54(56)70)51(67)58-44-12-10-43(11-13-44)40-82-53(69)55(3,4)5)60-46(63)16-18-61(49(66)39-62-47(64)14-15-48(62)65)19-22-73-26-28-76-32-31-75-27-25-72-20-8-21-80-41-81-38-37-79-36-35-78-34-33-77-30-29-74-24-23-71-6/h10-15,42,45,47,50,64H,7-9,16-41H2,1-6H3,(H,58,67)(H,59,68)(H,60,63)(H3,56,57,70)/t45-,47?,50-/m0/s1. The highest BCUT2D eigenvalue weighted by Gasteiger charge is 2.31. The minimum Gasteiger partial charge on any atom is -0.460 e. The highest BCUT2D eigenvalue weighted by molar-refractivity contribution is 5.98. The third-order valence-corrected chi connectivity index (χ3v) is 11.6. The Kier molecular flexibility index (Phi) is 39.9. The van der Waals surface area contributed by atoms with E-state index in [-0.39, 0.29) is 78.1 Å². The maximum atomic E-state index is 13.8. The van der Waals surface area contributed by atoms with Gasteiger partial charge in [-0.1, -0.05) is 26.0 Å². The van der Waals surface area contributed by atoms with Crippen molar-refractivity contribution in [2.45, 2.75) is 85.2 Å². The van der Waals surface area contributed by atoms with Gasteiger partial charge in [0.2, 0.25) is 29.5 Å². The van der Waals surface area contributed by atoms with Gasteiger partial charge in [0.05, 0.1) is 124 Å². The maximum absolute atomic E-state index is 13.8. The summed E-state index contributed by atoms with van der Waals surface area (Å²) < 4.78 is 65.2. The third kappa shape index (κ3) is 35.5. The summed E-state index contributed by atoms with van der Waals surface area (Å²) in [7, 11) is 1.63. The van der Waals surface area contributed by atoms with Crippen molar-refractivity contribution >= 4 is 47.2 Å². The van der Waals surface area contributed by atoms with Crippen LogP contribution in [-0.4, -0.2) is 240 Å². The average molecular weight is 1170 g/mol. The molecule has 0 saturated heterocycles. The van der Waals surface area contributed by atoms with Gasteiger partial charge in [-0.05, 0) is 69.7 Å². The molecule has 27 nitrogen and oxygen atoms in total. The molecule has 1 aliphatic rings. The second kappa shape index (κ2) is 45.1. The molecule has 7 N–H and O–H groups in total. The summed E-state index contributed by atoms with van der Waals surface area (Å²) >= 11 is 0. The van der Waals surface area contributed by atoms with Gasteiger partial charge in [-0.3, -0.25) is 28.8 Å². The first-order chi connectivity index (χ1) is 39.4. The number of nitrogens with two attached hydrogens (primary N) is 1. The second-order valence-electron chi connectivity index (χ2n) is 19.8. The quantitative estimate of drug-likeness (QED) is 0.0300. The minimum atomic E-state index is -1.29. The Morgan fingerprint density at radius 1 is 0.671 bits per heavy atom. The number of ether oxygens (including phenoxy) is 12. The van der Waals surface area contributed by atoms with Crippen molar-refractivity contribution in [2.24, 2.45) is 17.1 Å². The summed E-state index contributed by atoms with van der Waals surface area (Å²) in [6, 6.07) is 3.68. The number of hydrogen-bond donors (Lipinski definition) is 6. The number of carbonyl (C=O) groups is 7. The van der Waals surface area contributed by atoms with Crippen LogP contribution in [-0.2, 0) is 92.2 Å². The van der Waals surface area contributed by atoms with Crippen LogP contribution in [0.5, 0.6) is 0 Å². The lowest BCUT2D eigenvalue weighted by Crippen LogP contribution is -2.55. The van der Waals surface area contributed by atoms with Gasteiger partial charge in [0.25, 0.3) is 0 Å². The number of nitrogens with one attached hydrogen (secondary N) is 4. The van der Waals surface area contributed by atoms with E-state index < -0.39 is 71.8 Å². The number of carbonyl (C=O) groups excluding carboxylic acids is 7. The SMILES string of the molecule is COCCOCCOCCOCCOCCOCOCCCOCCOCCOCCOCCN(CCC(=O)N[C@H](C(=O)N[C@@H](CCCNC(N)=O)C(=O)Nc1ccc(COC(=O)C(C)(C)C)cc1)C(C)C)C(=O)CN1C(=O)C=CC1O. The van der Waals surface area contributed by atoms with E-state index >= 15 is 0 Å². The summed E-state index contributed by atoms with van der Waals surface area (Å²) in [5.74, 6) is -3.69. The molecule has 1 heterocycles. The fourth-order valence-corrected chi connectivity index (χ4v) is 7.02. The van der Waals surface area contributed by atoms with E-state index in [0.29, 0.717) is 123 Å². The molecule has 1 aromatic rings. The van der Waals surface area contributed by atoms with Crippen LogP contribution < -0.4 is 27.0 Å². The molecule has 0 saturated carbocycles. The fraction of sp³-hybridized carbons (Fsp3) is 0.727. The van der Waals surface area contributed by atoms with Crippen LogP contribution in [0.4, 0.5) is 10.5 Å². The molecule has 0 bridgehead atoms. The van der Waals surface area contributed by atoms with Crippen molar-refractivity contribution < 1.29 is 95.5 Å². The molecule has 2 rings (SSSR count). The molecule has 1 aliphatic heterocycles. The first-order valence-electron chi connectivity index (χ1n) is 27.8. The van der Waals surface area contributed by atoms with E-state index in [9.17, 15) is 38.7 Å². The number of rotatable bonds is 50. The highest BCUT2D eigenvalue weighted by Crippen LogP contribution is 2.18. The highest BCUT2D eigenvalue weighted by atomic mass is 16.7. The van der Waals surface area contributed by atoms with Gasteiger partial charge in [0, 0.05) is 51.5 Å². The number of methoxy groups -OCH3 is 1. The van der Waals surface area contributed by atoms with Crippen molar-refractivity contribution in [3.8, 4) is 0 Å². The smallest absolute Gasteiger partial charge is 0.312 e. The molecule has 0 aliphatic carbocycles. The Morgan fingerprint density at radius 3 is 1.70 bits per heavy atom. The van der Waals surface area contributed by atoms with E-state index in [4.69, 9.17) is 62.6 Å². The number of benzene rings is 1. The Labute approximate surface area is 482 Å². The first kappa shape index (κ1) is 72.7. The van der Waals surface area contributed by atoms with Crippen LogP contribution in [0.15, 0.2) is 36.4 Å². The van der Waals surface area contributed by atoms with Crippen LogP contribution in [0, 0.1) is 11.3 Å². The molecule has 0 spiro atoms. The van der Waals surface area contributed by atoms with E-state index in [1.165, 1.54) is 11.0 Å². The van der Waals surface area contributed by atoms with Gasteiger partial charge in [0.1, 0.15) is 38.3 Å². The topological polar surface area (TPSA) is 331 Å². The van der Waals surface area contributed by atoms with Gasteiger partial charge < -0.3 is 98.7 Å². The zero-order valence-corrected chi connectivity index (χ0v) is 49.0. The molecule has 82 heavy (non-hydrogen) atoms. The lowest BCUT2D eigenvalue weighted by molar-refractivity contribution is -0.154. The molecule has 1 unspecified atom stereocenters. The molecule has 0 aromatic heterocycles. The van der Waals surface area contributed by atoms with Gasteiger partial charge in [0.15, 0.2) is 0 Å². The van der Waals surface area contributed by atoms with Crippen molar-refractivity contribution in [3.63, 3.8) is 0 Å². The number of hydrogen-bond acceptors (Lipinski definition) is 20. The summed E-state index contributed by atoms with van der Waals surface area (Å²) in [5.41, 5.74) is 5.64. The van der Waals surface area contributed by atoms with E-state index in [1.54, 1.807) is 66.0 Å². The normalized spacial score (nSPS) is 14.0. The van der Waals surface area contributed by atoms with Crippen LogP contribution in [0.2, 0.25) is 0 Å². The molecular formula is C55H93N7O20. The number of amides is 7. The van der Waals surface area contributed by atoms with Crippen LogP contribution in [0.25, 0.3) is 0 Å². The number of urea groups is 1. The molecule has 7 amide bonds. The Bertz CT molecular complexity index is 1980. The fourth-order valence-electron chi connectivity index (χ4n) is 7.02. The number of esters is 1. The molecule has 1 aromatic carbocycles. The number of aliphatic hydroxyl groups is 1. The van der Waals surface area contributed by atoms with Crippen molar-refractivity contribution in [1.29, 1.82) is 0 Å². The van der Waals surface area contributed by atoms with Gasteiger partial charge >= 0.3 is 12.0 Å². The number of anilines is 1.